The summed E-state index contributed by atoms with van der Waals surface area (Å²) in [5.74, 6) is -1.43. The predicted molar refractivity (Wildman–Crippen MR) is 109 cm³/mol. The second kappa shape index (κ2) is 8.80. The van der Waals surface area contributed by atoms with Crippen LogP contribution in [0.5, 0.6) is 0 Å². The van der Waals surface area contributed by atoms with Crippen molar-refractivity contribution in [2.45, 2.75) is 13.0 Å². The number of aromatic nitrogens is 1. The van der Waals surface area contributed by atoms with Gasteiger partial charge in [0.05, 0.1) is 21.2 Å². The largest absolute Gasteiger partial charge is 0.449 e. The number of esters is 1. The van der Waals surface area contributed by atoms with Crippen LogP contribution in [-0.2, 0) is 9.53 Å². The standard InChI is InChI=1S/C19H14ClN3O5S/c1-11(28-18(25)14-8-7-13(23(26)27)9-15(14)20)17(24)22-19-21-16(10-29-19)12-5-3-2-4-6-12/h2-11H,1H3,(H,21,22,24). The van der Waals surface area contributed by atoms with Gasteiger partial charge in [0, 0.05) is 23.1 Å². The highest BCUT2D eigenvalue weighted by molar-refractivity contribution is 7.14. The molecule has 0 saturated heterocycles. The Balaban J connectivity index is 1.63. The Hall–Kier alpha value is -3.30. The molecule has 1 unspecified atom stereocenters. The molecular weight excluding hydrogens is 418 g/mol. The molecule has 1 atom stereocenters. The summed E-state index contributed by atoms with van der Waals surface area (Å²) >= 11 is 7.15. The minimum atomic E-state index is -1.13. The molecule has 0 aliphatic carbocycles. The van der Waals surface area contributed by atoms with Gasteiger partial charge in [-0.3, -0.25) is 20.2 Å². The number of amides is 1. The number of ether oxygens (including phenoxy) is 1. The van der Waals surface area contributed by atoms with Crippen LogP contribution in [0, 0.1) is 10.1 Å². The van der Waals surface area contributed by atoms with Gasteiger partial charge in [-0.25, -0.2) is 9.78 Å². The van der Waals surface area contributed by atoms with Crippen LogP contribution in [0.2, 0.25) is 5.02 Å². The normalized spacial score (nSPS) is 11.5. The number of hydrogen-bond acceptors (Lipinski definition) is 7. The number of nitro groups is 1. The van der Waals surface area contributed by atoms with Gasteiger partial charge < -0.3 is 4.74 Å². The third kappa shape index (κ3) is 4.95. The molecule has 0 saturated carbocycles. The molecule has 1 amide bonds. The molecule has 0 spiro atoms. The lowest BCUT2D eigenvalue weighted by molar-refractivity contribution is -0.384. The lowest BCUT2D eigenvalue weighted by atomic mass is 10.2. The molecule has 1 aromatic heterocycles. The van der Waals surface area contributed by atoms with E-state index < -0.39 is 22.9 Å². The Labute approximate surface area is 174 Å². The smallest absolute Gasteiger partial charge is 0.340 e. The minimum Gasteiger partial charge on any atom is -0.449 e. The quantitative estimate of drug-likeness (QED) is 0.348. The summed E-state index contributed by atoms with van der Waals surface area (Å²) in [5.41, 5.74) is 1.30. The van der Waals surface area contributed by atoms with Gasteiger partial charge in [0.25, 0.3) is 11.6 Å². The highest BCUT2D eigenvalue weighted by atomic mass is 35.5. The van der Waals surface area contributed by atoms with E-state index in [9.17, 15) is 19.7 Å². The van der Waals surface area contributed by atoms with E-state index in [1.165, 1.54) is 24.3 Å². The molecule has 2 aromatic carbocycles. The molecule has 0 fully saturated rings. The van der Waals surface area contributed by atoms with Crippen LogP contribution in [0.1, 0.15) is 17.3 Å². The first kappa shape index (κ1) is 20.4. The number of carbonyl (C=O) groups excluding carboxylic acids is 2. The molecule has 3 rings (SSSR count). The number of anilines is 1. The van der Waals surface area contributed by atoms with Crippen LogP contribution in [0.25, 0.3) is 11.3 Å². The zero-order chi connectivity index (χ0) is 21.0. The number of nitrogens with one attached hydrogen (secondary N) is 1. The Kier molecular flexibility index (Phi) is 6.20. The molecule has 1 N–H and O–H groups in total. The number of halogens is 1. The Morgan fingerprint density at radius 2 is 1.97 bits per heavy atom. The fraction of sp³-hybridized carbons (Fsp3) is 0.105. The van der Waals surface area contributed by atoms with Crippen LogP contribution >= 0.6 is 22.9 Å². The van der Waals surface area contributed by atoms with Gasteiger partial charge in [0.1, 0.15) is 0 Å². The summed E-state index contributed by atoms with van der Waals surface area (Å²) in [6.07, 6.45) is -1.13. The Morgan fingerprint density at radius 1 is 1.24 bits per heavy atom. The average molecular weight is 432 g/mol. The monoisotopic (exact) mass is 431 g/mol. The zero-order valence-electron chi connectivity index (χ0n) is 15.0. The van der Waals surface area contributed by atoms with Crippen LogP contribution in [-0.4, -0.2) is 27.9 Å². The van der Waals surface area contributed by atoms with Crippen molar-refractivity contribution in [1.82, 2.24) is 4.98 Å². The van der Waals surface area contributed by atoms with E-state index in [0.29, 0.717) is 10.8 Å². The summed E-state index contributed by atoms with van der Waals surface area (Å²) < 4.78 is 5.11. The van der Waals surface area contributed by atoms with Crippen molar-refractivity contribution in [1.29, 1.82) is 0 Å². The maximum absolute atomic E-state index is 12.3. The lowest BCUT2D eigenvalue weighted by Crippen LogP contribution is -2.30. The SMILES string of the molecule is CC(OC(=O)c1ccc([N+](=O)[O-])cc1Cl)C(=O)Nc1nc(-c2ccccc2)cs1. The van der Waals surface area contributed by atoms with E-state index in [0.717, 1.165) is 17.7 Å². The second-order valence-electron chi connectivity index (χ2n) is 5.86. The number of benzene rings is 2. The van der Waals surface area contributed by atoms with Crippen molar-refractivity contribution in [3.05, 3.63) is 74.6 Å². The fourth-order valence-electron chi connectivity index (χ4n) is 2.34. The molecule has 1 heterocycles. The number of carbonyl (C=O) groups is 2. The number of hydrogen-bond donors (Lipinski definition) is 1. The number of non-ortho nitro benzene ring substituents is 1. The third-order valence-electron chi connectivity index (χ3n) is 3.84. The highest BCUT2D eigenvalue weighted by Gasteiger charge is 2.22. The molecule has 0 aliphatic rings. The van der Waals surface area contributed by atoms with Crippen molar-refractivity contribution >= 4 is 45.6 Å². The average Bonchev–Trinajstić information content (AvgIpc) is 3.16. The number of thiazole rings is 1. The Bertz CT molecular complexity index is 1070. The third-order valence-corrected chi connectivity index (χ3v) is 4.91. The number of nitro benzene ring substituents is 1. The van der Waals surface area contributed by atoms with E-state index >= 15 is 0 Å². The topological polar surface area (TPSA) is 111 Å². The van der Waals surface area contributed by atoms with Gasteiger partial charge in [0.2, 0.25) is 0 Å². The molecule has 0 bridgehead atoms. The van der Waals surface area contributed by atoms with Gasteiger partial charge in [-0.2, -0.15) is 0 Å². The van der Waals surface area contributed by atoms with Gasteiger partial charge in [0.15, 0.2) is 11.2 Å². The first-order valence-corrected chi connectivity index (χ1v) is 9.57. The van der Waals surface area contributed by atoms with Crippen LogP contribution < -0.4 is 5.32 Å². The predicted octanol–water partition coefficient (Wildman–Crippen LogP) is 4.56. The van der Waals surface area contributed by atoms with Gasteiger partial charge >= 0.3 is 5.97 Å². The maximum atomic E-state index is 12.3. The molecule has 29 heavy (non-hydrogen) atoms. The first-order chi connectivity index (χ1) is 13.8. The Morgan fingerprint density at radius 3 is 2.62 bits per heavy atom. The van der Waals surface area contributed by atoms with Crippen LogP contribution in [0.4, 0.5) is 10.8 Å². The van der Waals surface area contributed by atoms with Crippen molar-refractivity contribution in [2.24, 2.45) is 0 Å². The molecule has 148 valence electrons. The van der Waals surface area contributed by atoms with E-state index in [2.05, 4.69) is 10.3 Å². The van der Waals surface area contributed by atoms with Crippen molar-refractivity contribution in [3.63, 3.8) is 0 Å². The number of nitrogens with zero attached hydrogens (tertiary/aromatic N) is 2. The van der Waals surface area contributed by atoms with E-state index in [1.54, 1.807) is 5.38 Å². The molecule has 0 aliphatic heterocycles. The van der Waals surface area contributed by atoms with Crippen LogP contribution in [0.3, 0.4) is 0 Å². The summed E-state index contributed by atoms with van der Waals surface area (Å²) in [5, 5.41) is 15.4. The van der Waals surface area contributed by atoms with E-state index in [-0.39, 0.29) is 16.3 Å². The first-order valence-electron chi connectivity index (χ1n) is 8.32. The van der Waals surface area contributed by atoms with Crippen LogP contribution in [0.15, 0.2) is 53.9 Å². The van der Waals surface area contributed by atoms with Crippen molar-refractivity contribution in [2.75, 3.05) is 5.32 Å². The number of rotatable bonds is 6. The van der Waals surface area contributed by atoms with Gasteiger partial charge in [-0.15, -0.1) is 11.3 Å². The van der Waals surface area contributed by atoms with E-state index in [1.807, 2.05) is 30.3 Å². The molecule has 0 radical (unpaired) electrons. The van der Waals surface area contributed by atoms with Gasteiger partial charge in [-0.05, 0) is 13.0 Å². The maximum Gasteiger partial charge on any atom is 0.340 e. The summed E-state index contributed by atoms with van der Waals surface area (Å²) in [4.78, 5) is 39.0. The van der Waals surface area contributed by atoms with Crippen molar-refractivity contribution < 1.29 is 19.2 Å². The van der Waals surface area contributed by atoms with Gasteiger partial charge in [-0.1, -0.05) is 41.9 Å². The van der Waals surface area contributed by atoms with Crippen molar-refractivity contribution in [3.8, 4) is 11.3 Å². The second-order valence-corrected chi connectivity index (χ2v) is 7.13. The summed E-state index contributed by atoms with van der Waals surface area (Å²) in [7, 11) is 0. The van der Waals surface area contributed by atoms with E-state index in [4.69, 9.17) is 16.3 Å². The molecule has 10 heteroatoms. The lowest BCUT2D eigenvalue weighted by Gasteiger charge is -2.13. The minimum absolute atomic E-state index is 0.0717. The molecule has 8 nitrogen and oxygen atoms in total. The molecular formula is C19H14ClN3O5S. The molecule has 3 aromatic rings. The zero-order valence-corrected chi connectivity index (χ0v) is 16.6. The summed E-state index contributed by atoms with van der Waals surface area (Å²) in [6.45, 7) is 1.40. The highest BCUT2D eigenvalue weighted by Crippen LogP contribution is 2.25. The summed E-state index contributed by atoms with van der Waals surface area (Å²) in [6, 6.07) is 12.8. The fourth-order valence-corrected chi connectivity index (χ4v) is 3.31.